The van der Waals surface area contributed by atoms with Gasteiger partial charge in [0.2, 0.25) is 0 Å². The number of aliphatic hydroxyl groups is 2. The molecule has 1 rings (SSSR count). The van der Waals surface area contributed by atoms with E-state index in [0.717, 1.165) is 12.8 Å². The van der Waals surface area contributed by atoms with Gasteiger partial charge in [-0.15, -0.1) is 0 Å². The van der Waals surface area contributed by atoms with Crippen LogP contribution in [0, 0.1) is 0 Å². The fourth-order valence-electron chi connectivity index (χ4n) is 1.28. The minimum atomic E-state index is -2.37. The van der Waals surface area contributed by atoms with Gasteiger partial charge in [-0.3, -0.25) is 4.74 Å². The van der Waals surface area contributed by atoms with E-state index >= 15 is 0 Å². The molecule has 0 aromatic rings. The first kappa shape index (κ1) is 8.93. The maximum Gasteiger partial charge on any atom is 0.408 e. The molecule has 0 aliphatic carbocycles. The summed E-state index contributed by atoms with van der Waals surface area (Å²) in [7, 11) is 0. The zero-order valence-electron chi connectivity index (χ0n) is 6.83. The Balaban J connectivity index is 2.51. The van der Waals surface area contributed by atoms with E-state index < -0.39 is 11.8 Å². The fraction of sp³-hybridized carbons (Fsp3) is 1.00. The van der Waals surface area contributed by atoms with Crippen LogP contribution in [0.15, 0.2) is 0 Å². The van der Waals surface area contributed by atoms with Crippen LogP contribution in [-0.4, -0.2) is 28.6 Å². The molecule has 0 amide bonds. The van der Waals surface area contributed by atoms with Crippen LogP contribution in [0.25, 0.3) is 0 Å². The second-order valence-corrected chi connectivity index (χ2v) is 3.14. The summed E-state index contributed by atoms with van der Waals surface area (Å²) in [6.07, 6.45) is -0.685. The van der Waals surface area contributed by atoms with Gasteiger partial charge in [0.05, 0.1) is 12.2 Å². The normalized spacial score (nSPS) is 36.0. The molecule has 1 heterocycles. The molecule has 1 unspecified atom stereocenters. The smallest absolute Gasteiger partial charge is 0.319 e. The van der Waals surface area contributed by atoms with Gasteiger partial charge in [0, 0.05) is 0 Å². The Hall–Kier alpha value is -0.160. The van der Waals surface area contributed by atoms with E-state index in [0.29, 0.717) is 0 Å². The molecule has 1 atom stereocenters. The molecule has 66 valence electrons. The zero-order valence-corrected chi connectivity index (χ0v) is 6.83. The van der Waals surface area contributed by atoms with Gasteiger partial charge < -0.3 is 14.9 Å². The predicted molar refractivity (Wildman–Crippen MR) is 37.5 cm³/mol. The topological polar surface area (TPSA) is 58.9 Å². The Bertz CT molecular complexity index is 145. The van der Waals surface area contributed by atoms with Crippen molar-refractivity contribution in [3.05, 3.63) is 0 Å². The molecule has 1 aliphatic heterocycles. The molecule has 0 aromatic carbocycles. The standard InChI is InChI=1S/C7H14O4/c1-3-4-6(2)5-10-7(8,9)11-6/h8-9H,3-5H2,1-2H3. The number of hydrogen-bond donors (Lipinski definition) is 2. The van der Waals surface area contributed by atoms with Crippen LogP contribution in [0.2, 0.25) is 0 Å². The van der Waals surface area contributed by atoms with Gasteiger partial charge in [0.25, 0.3) is 0 Å². The maximum absolute atomic E-state index is 8.87. The molecule has 11 heavy (non-hydrogen) atoms. The second kappa shape index (κ2) is 2.71. The maximum atomic E-state index is 8.87. The number of rotatable bonds is 2. The van der Waals surface area contributed by atoms with E-state index in [4.69, 9.17) is 14.9 Å². The van der Waals surface area contributed by atoms with Crippen LogP contribution in [-0.2, 0) is 9.47 Å². The third-order valence-electron chi connectivity index (χ3n) is 1.72. The lowest BCUT2D eigenvalue weighted by atomic mass is 10.0. The first-order valence-corrected chi connectivity index (χ1v) is 3.76. The average molecular weight is 162 g/mol. The highest BCUT2D eigenvalue weighted by Gasteiger charge is 2.45. The lowest BCUT2D eigenvalue weighted by molar-refractivity contribution is -0.440. The Morgan fingerprint density at radius 3 is 2.45 bits per heavy atom. The zero-order chi connectivity index (χ0) is 8.54. The molecule has 1 saturated heterocycles. The highest BCUT2D eigenvalue weighted by molar-refractivity contribution is 4.78. The van der Waals surface area contributed by atoms with Crippen LogP contribution in [0.5, 0.6) is 0 Å². The third kappa shape index (κ3) is 2.13. The van der Waals surface area contributed by atoms with Crippen molar-refractivity contribution >= 4 is 0 Å². The van der Waals surface area contributed by atoms with Gasteiger partial charge in [-0.2, -0.15) is 0 Å². The van der Waals surface area contributed by atoms with E-state index in [1.54, 1.807) is 6.92 Å². The summed E-state index contributed by atoms with van der Waals surface area (Å²) in [5, 5.41) is 17.7. The molecule has 4 heteroatoms. The predicted octanol–water partition coefficient (Wildman–Crippen LogP) is 0.188. The molecule has 1 aliphatic rings. The fourth-order valence-corrected chi connectivity index (χ4v) is 1.28. The highest BCUT2D eigenvalue weighted by Crippen LogP contribution is 2.30. The monoisotopic (exact) mass is 162 g/mol. The van der Waals surface area contributed by atoms with Crippen molar-refractivity contribution in [2.75, 3.05) is 6.61 Å². The van der Waals surface area contributed by atoms with Gasteiger partial charge >= 0.3 is 6.16 Å². The number of hydrogen-bond acceptors (Lipinski definition) is 4. The molecular weight excluding hydrogens is 148 g/mol. The van der Waals surface area contributed by atoms with E-state index in [2.05, 4.69) is 4.74 Å². The molecule has 2 N–H and O–H groups in total. The van der Waals surface area contributed by atoms with Crippen LogP contribution in [0.1, 0.15) is 26.7 Å². The van der Waals surface area contributed by atoms with Crippen LogP contribution in [0.3, 0.4) is 0 Å². The van der Waals surface area contributed by atoms with Gasteiger partial charge in [-0.05, 0) is 13.3 Å². The average Bonchev–Trinajstić information content (AvgIpc) is 2.07. The van der Waals surface area contributed by atoms with Crippen molar-refractivity contribution in [2.45, 2.75) is 38.4 Å². The molecular formula is C7H14O4. The third-order valence-corrected chi connectivity index (χ3v) is 1.72. The Kier molecular flexibility index (Phi) is 2.20. The summed E-state index contributed by atoms with van der Waals surface area (Å²) in [6, 6.07) is 0. The van der Waals surface area contributed by atoms with Gasteiger partial charge in [0.15, 0.2) is 0 Å². The van der Waals surface area contributed by atoms with Crippen molar-refractivity contribution in [1.29, 1.82) is 0 Å². The van der Waals surface area contributed by atoms with Gasteiger partial charge in [0.1, 0.15) is 0 Å². The minimum absolute atomic E-state index is 0.230. The largest absolute Gasteiger partial charge is 0.408 e. The van der Waals surface area contributed by atoms with Crippen molar-refractivity contribution < 1.29 is 19.7 Å². The first-order valence-electron chi connectivity index (χ1n) is 3.76. The molecule has 1 fully saturated rings. The molecule has 0 saturated carbocycles. The lowest BCUT2D eigenvalue weighted by Gasteiger charge is -2.21. The minimum Gasteiger partial charge on any atom is -0.319 e. The van der Waals surface area contributed by atoms with Crippen LogP contribution in [0.4, 0.5) is 0 Å². The summed E-state index contributed by atoms with van der Waals surface area (Å²) >= 11 is 0. The van der Waals surface area contributed by atoms with Gasteiger partial charge in [-0.1, -0.05) is 13.3 Å². The van der Waals surface area contributed by atoms with Crippen molar-refractivity contribution in [3.8, 4) is 0 Å². The Labute approximate surface area is 65.7 Å². The quantitative estimate of drug-likeness (QED) is 0.569. The van der Waals surface area contributed by atoms with E-state index in [1.807, 2.05) is 6.92 Å². The summed E-state index contributed by atoms with van der Waals surface area (Å²) in [4.78, 5) is 0. The van der Waals surface area contributed by atoms with Crippen molar-refractivity contribution in [1.82, 2.24) is 0 Å². The first-order chi connectivity index (χ1) is 4.97. The second-order valence-electron chi connectivity index (χ2n) is 3.14. The Morgan fingerprint density at radius 2 is 2.09 bits per heavy atom. The number of ether oxygens (including phenoxy) is 2. The summed E-state index contributed by atoms with van der Waals surface area (Å²) < 4.78 is 9.46. The summed E-state index contributed by atoms with van der Waals surface area (Å²) in [6.45, 7) is 4.03. The Morgan fingerprint density at radius 1 is 1.45 bits per heavy atom. The molecule has 0 radical (unpaired) electrons. The molecule has 0 spiro atoms. The van der Waals surface area contributed by atoms with E-state index in [9.17, 15) is 0 Å². The SMILES string of the molecule is CCCC1(C)COC(O)(O)O1. The molecule has 0 aromatic heterocycles. The molecule has 0 bridgehead atoms. The van der Waals surface area contributed by atoms with Crippen LogP contribution >= 0.6 is 0 Å². The van der Waals surface area contributed by atoms with Crippen LogP contribution < -0.4 is 0 Å². The highest BCUT2D eigenvalue weighted by atomic mass is 17.0. The van der Waals surface area contributed by atoms with E-state index in [1.165, 1.54) is 0 Å². The summed E-state index contributed by atoms with van der Waals surface area (Å²) in [5.41, 5.74) is -0.543. The lowest BCUT2D eigenvalue weighted by Crippen LogP contribution is -2.34. The summed E-state index contributed by atoms with van der Waals surface area (Å²) in [5.74, 6) is 0. The van der Waals surface area contributed by atoms with E-state index in [-0.39, 0.29) is 6.61 Å². The van der Waals surface area contributed by atoms with Crippen molar-refractivity contribution in [2.24, 2.45) is 0 Å². The van der Waals surface area contributed by atoms with Crippen molar-refractivity contribution in [3.63, 3.8) is 0 Å². The molecule has 4 nitrogen and oxygen atoms in total. The van der Waals surface area contributed by atoms with Gasteiger partial charge in [-0.25, -0.2) is 0 Å².